The van der Waals surface area contributed by atoms with Gasteiger partial charge in [-0.15, -0.1) is 0 Å². The molecule has 1 N–H and O–H groups in total. The van der Waals surface area contributed by atoms with Gasteiger partial charge in [0, 0.05) is 32.8 Å². The van der Waals surface area contributed by atoms with Crippen molar-refractivity contribution in [1.82, 2.24) is 5.32 Å². The van der Waals surface area contributed by atoms with Crippen molar-refractivity contribution < 1.29 is 14.2 Å². The van der Waals surface area contributed by atoms with Crippen molar-refractivity contribution in [2.75, 3.05) is 34.0 Å². The van der Waals surface area contributed by atoms with Crippen molar-refractivity contribution in [3.63, 3.8) is 0 Å². The summed E-state index contributed by atoms with van der Waals surface area (Å²) in [5, 5.41) is 3.47. The van der Waals surface area contributed by atoms with Gasteiger partial charge in [0.25, 0.3) is 0 Å². The van der Waals surface area contributed by atoms with Crippen LogP contribution >= 0.6 is 0 Å². The highest BCUT2D eigenvalue weighted by Crippen LogP contribution is 2.37. The molecule has 2 fully saturated rings. The summed E-state index contributed by atoms with van der Waals surface area (Å²) >= 11 is 0. The number of ether oxygens (including phenoxy) is 3. The van der Waals surface area contributed by atoms with Gasteiger partial charge in [0.05, 0.1) is 18.3 Å². The van der Waals surface area contributed by atoms with Crippen LogP contribution in [0.5, 0.6) is 0 Å². The van der Waals surface area contributed by atoms with E-state index in [2.05, 4.69) is 19.3 Å². The predicted octanol–water partition coefficient (Wildman–Crippen LogP) is 1.59. The van der Waals surface area contributed by atoms with Gasteiger partial charge < -0.3 is 19.5 Å². The molecular formula is C14H27NO3. The average molecular weight is 257 g/mol. The maximum Gasteiger partial charge on any atom is 0.0939 e. The van der Waals surface area contributed by atoms with Gasteiger partial charge in [0.2, 0.25) is 0 Å². The van der Waals surface area contributed by atoms with Crippen molar-refractivity contribution in [2.45, 2.75) is 50.4 Å². The molecule has 1 spiro atoms. The Morgan fingerprint density at radius 3 is 2.89 bits per heavy atom. The highest BCUT2D eigenvalue weighted by molar-refractivity contribution is 4.93. The van der Waals surface area contributed by atoms with E-state index < -0.39 is 0 Å². The van der Waals surface area contributed by atoms with Crippen LogP contribution in [-0.4, -0.2) is 51.7 Å². The quantitative estimate of drug-likeness (QED) is 0.812. The minimum Gasteiger partial charge on any atom is -0.382 e. The van der Waals surface area contributed by atoms with Crippen LogP contribution in [0.25, 0.3) is 0 Å². The second-order valence-corrected chi connectivity index (χ2v) is 5.76. The van der Waals surface area contributed by atoms with Gasteiger partial charge in [-0.2, -0.15) is 0 Å². The molecule has 2 aliphatic rings. The highest BCUT2D eigenvalue weighted by Gasteiger charge is 2.42. The summed E-state index contributed by atoms with van der Waals surface area (Å²) in [6.07, 6.45) is 4.69. The molecule has 4 heteroatoms. The third kappa shape index (κ3) is 3.23. The molecule has 0 aromatic heterocycles. The lowest BCUT2D eigenvalue weighted by Crippen LogP contribution is -2.47. The topological polar surface area (TPSA) is 39.7 Å². The van der Waals surface area contributed by atoms with E-state index in [9.17, 15) is 0 Å². The number of hydrogen-bond donors (Lipinski definition) is 1. The third-order valence-electron chi connectivity index (χ3n) is 4.53. The number of nitrogens with one attached hydrogen (secondary N) is 1. The largest absolute Gasteiger partial charge is 0.382 e. The van der Waals surface area contributed by atoms with Crippen molar-refractivity contribution in [2.24, 2.45) is 5.92 Å². The van der Waals surface area contributed by atoms with Gasteiger partial charge in [-0.1, -0.05) is 0 Å². The fourth-order valence-electron chi connectivity index (χ4n) is 3.27. The van der Waals surface area contributed by atoms with E-state index in [-0.39, 0.29) is 5.60 Å². The molecule has 2 saturated heterocycles. The smallest absolute Gasteiger partial charge is 0.0939 e. The summed E-state index contributed by atoms with van der Waals surface area (Å²) in [5.74, 6) is 0.669. The predicted molar refractivity (Wildman–Crippen MR) is 70.8 cm³/mol. The lowest BCUT2D eigenvalue weighted by Gasteiger charge is -2.40. The Balaban J connectivity index is 1.93. The Morgan fingerprint density at radius 1 is 1.44 bits per heavy atom. The van der Waals surface area contributed by atoms with Crippen LogP contribution < -0.4 is 5.32 Å². The molecule has 0 bridgehead atoms. The Kier molecular flexibility index (Phi) is 5.01. The first kappa shape index (κ1) is 14.3. The Hall–Kier alpha value is -0.160. The molecule has 4 atom stereocenters. The first-order valence-electron chi connectivity index (χ1n) is 7.11. The molecular weight excluding hydrogens is 230 g/mol. The molecule has 2 aliphatic heterocycles. The molecule has 4 unspecified atom stereocenters. The van der Waals surface area contributed by atoms with Crippen LogP contribution in [0.15, 0.2) is 0 Å². The van der Waals surface area contributed by atoms with E-state index in [1.807, 2.05) is 0 Å². The molecule has 0 aliphatic carbocycles. The minimum absolute atomic E-state index is 0.00826. The van der Waals surface area contributed by atoms with E-state index >= 15 is 0 Å². The second kappa shape index (κ2) is 6.33. The molecule has 4 nitrogen and oxygen atoms in total. The maximum absolute atomic E-state index is 6.00. The zero-order valence-corrected chi connectivity index (χ0v) is 11.9. The number of rotatable bonds is 5. The molecule has 0 aromatic rings. The van der Waals surface area contributed by atoms with E-state index in [1.165, 1.54) is 0 Å². The lowest BCUT2D eigenvalue weighted by atomic mass is 9.79. The van der Waals surface area contributed by atoms with Crippen molar-refractivity contribution in [1.29, 1.82) is 0 Å². The number of methoxy groups -OCH3 is 1. The van der Waals surface area contributed by atoms with Gasteiger partial charge in [-0.05, 0) is 39.2 Å². The SMILES string of the molecule is CNC(CC(C)OC)C1CCOC2(CCOC2)C1. The zero-order valence-electron chi connectivity index (χ0n) is 11.9. The lowest BCUT2D eigenvalue weighted by molar-refractivity contribution is -0.104. The standard InChI is InChI=1S/C14H27NO3/c1-11(16-3)8-13(15-2)12-4-6-18-14(9-12)5-7-17-10-14/h11-13,15H,4-10H2,1-3H3. The molecule has 0 amide bonds. The fraction of sp³-hybridized carbons (Fsp3) is 1.00. The molecule has 0 aromatic carbocycles. The molecule has 2 heterocycles. The van der Waals surface area contributed by atoms with Gasteiger partial charge in [-0.3, -0.25) is 0 Å². The summed E-state index contributed by atoms with van der Waals surface area (Å²) in [5.41, 5.74) is 0.00826. The highest BCUT2D eigenvalue weighted by atomic mass is 16.6. The van der Waals surface area contributed by atoms with Crippen LogP contribution in [0, 0.1) is 5.92 Å². The summed E-state index contributed by atoms with van der Waals surface area (Å²) in [6, 6.07) is 0.515. The third-order valence-corrected chi connectivity index (χ3v) is 4.53. The fourth-order valence-corrected chi connectivity index (χ4v) is 3.27. The summed E-state index contributed by atoms with van der Waals surface area (Å²) < 4.78 is 16.9. The van der Waals surface area contributed by atoms with Crippen LogP contribution in [0.1, 0.15) is 32.6 Å². The summed E-state index contributed by atoms with van der Waals surface area (Å²) in [7, 11) is 3.84. The van der Waals surface area contributed by atoms with Crippen molar-refractivity contribution in [3.8, 4) is 0 Å². The van der Waals surface area contributed by atoms with Crippen LogP contribution in [-0.2, 0) is 14.2 Å². The Labute approximate surface area is 110 Å². The van der Waals surface area contributed by atoms with Crippen LogP contribution in [0.4, 0.5) is 0 Å². The van der Waals surface area contributed by atoms with Crippen molar-refractivity contribution >= 4 is 0 Å². The molecule has 0 saturated carbocycles. The van der Waals surface area contributed by atoms with E-state index in [1.54, 1.807) is 7.11 Å². The molecule has 106 valence electrons. The van der Waals surface area contributed by atoms with Gasteiger partial charge in [-0.25, -0.2) is 0 Å². The summed E-state index contributed by atoms with van der Waals surface area (Å²) in [6.45, 7) is 4.64. The normalized spacial score (nSPS) is 35.8. The zero-order chi connectivity index (χ0) is 13.0. The van der Waals surface area contributed by atoms with Gasteiger partial charge >= 0.3 is 0 Å². The second-order valence-electron chi connectivity index (χ2n) is 5.76. The van der Waals surface area contributed by atoms with Crippen LogP contribution in [0.3, 0.4) is 0 Å². The first-order valence-corrected chi connectivity index (χ1v) is 7.11. The number of hydrogen-bond acceptors (Lipinski definition) is 4. The molecule has 0 radical (unpaired) electrons. The van der Waals surface area contributed by atoms with E-state index in [0.29, 0.717) is 18.1 Å². The maximum atomic E-state index is 6.00. The Bertz CT molecular complexity index is 253. The minimum atomic E-state index is 0.00826. The van der Waals surface area contributed by atoms with Gasteiger partial charge in [0.1, 0.15) is 0 Å². The Morgan fingerprint density at radius 2 is 2.28 bits per heavy atom. The molecule has 18 heavy (non-hydrogen) atoms. The average Bonchev–Trinajstić information content (AvgIpc) is 2.83. The molecule has 2 rings (SSSR count). The van der Waals surface area contributed by atoms with Crippen LogP contribution in [0.2, 0.25) is 0 Å². The van der Waals surface area contributed by atoms with E-state index in [0.717, 1.165) is 45.5 Å². The van der Waals surface area contributed by atoms with Crippen molar-refractivity contribution in [3.05, 3.63) is 0 Å². The monoisotopic (exact) mass is 257 g/mol. The van der Waals surface area contributed by atoms with Gasteiger partial charge in [0.15, 0.2) is 0 Å². The first-order chi connectivity index (χ1) is 8.69. The van der Waals surface area contributed by atoms with E-state index in [4.69, 9.17) is 14.2 Å². The summed E-state index contributed by atoms with van der Waals surface area (Å²) in [4.78, 5) is 0.